The van der Waals surface area contributed by atoms with Gasteiger partial charge in [0, 0.05) is 16.0 Å². The van der Waals surface area contributed by atoms with Crippen LogP contribution < -0.4 is 14.3 Å². The van der Waals surface area contributed by atoms with E-state index in [9.17, 15) is 9.90 Å². The van der Waals surface area contributed by atoms with Crippen LogP contribution in [0.15, 0.2) is 22.0 Å². The van der Waals surface area contributed by atoms with E-state index in [2.05, 4.69) is 4.98 Å². The van der Waals surface area contributed by atoms with Gasteiger partial charge in [0.05, 0.1) is 19.2 Å². The minimum Gasteiger partial charge on any atom is -0.502 e. The van der Waals surface area contributed by atoms with E-state index in [4.69, 9.17) is 9.47 Å². The van der Waals surface area contributed by atoms with Gasteiger partial charge in [-0.3, -0.25) is 4.79 Å². The van der Waals surface area contributed by atoms with Crippen LogP contribution in [0.3, 0.4) is 0 Å². The number of thiazole rings is 1. The number of hydrogen-bond donors (Lipinski definition) is 2. The Labute approximate surface area is 159 Å². The number of rotatable bonds is 3. The Morgan fingerprint density at radius 3 is 2.54 bits per heavy atom. The van der Waals surface area contributed by atoms with E-state index in [0.717, 1.165) is 21.4 Å². The molecule has 0 amide bonds. The van der Waals surface area contributed by atoms with Gasteiger partial charge in [-0.15, -0.1) is 11.8 Å². The van der Waals surface area contributed by atoms with Crippen molar-refractivity contribution in [2.24, 2.45) is 17.8 Å². The van der Waals surface area contributed by atoms with Crippen LogP contribution in [-0.2, 0) is 0 Å². The molecule has 2 aromatic rings. The number of benzene rings is 1. The maximum Gasteiger partial charge on any atom is 0.305 e. The first-order valence-corrected chi connectivity index (χ1v) is 10.6. The lowest BCUT2D eigenvalue weighted by atomic mass is 9.75. The molecule has 0 unspecified atom stereocenters. The van der Waals surface area contributed by atoms with Crippen molar-refractivity contribution in [3.05, 3.63) is 32.2 Å². The minimum atomic E-state index is 0.0116. The molecule has 5 rings (SSSR count). The summed E-state index contributed by atoms with van der Waals surface area (Å²) >= 11 is 3.20. The average Bonchev–Trinajstić information content (AvgIpc) is 3.33. The molecule has 5 atom stereocenters. The van der Waals surface area contributed by atoms with Crippen LogP contribution in [0.5, 0.6) is 17.2 Å². The zero-order valence-electron chi connectivity index (χ0n) is 14.7. The van der Waals surface area contributed by atoms with Crippen LogP contribution in [-0.4, -0.2) is 29.6 Å². The summed E-state index contributed by atoms with van der Waals surface area (Å²) in [5, 5.41) is 11.9. The van der Waals surface area contributed by atoms with Crippen molar-refractivity contribution < 1.29 is 14.6 Å². The van der Waals surface area contributed by atoms with Crippen molar-refractivity contribution >= 4 is 23.1 Å². The zero-order chi connectivity index (χ0) is 18.0. The molecule has 3 aliphatic rings. The first-order valence-electron chi connectivity index (χ1n) is 8.95. The van der Waals surface area contributed by atoms with Crippen LogP contribution in [0.4, 0.5) is 0 Å². The number of H-pyrrole nitrogens is 1. The second-order valence-electron chi connectivity index (χ2n) is 7.45. The van der Waals surface area contributed by atoms with Gasteiger partial charge in [-0.2, -0.15) is 0 Å². The quantitative estimate of drug-likeness (QED) is 0.832. The fraction of sp³-hybridized carbons (Fsp3) is 0.526. The predicted octanol–water partition coefficient (Wildman–Crippen LogP) is 3.81. The summed E-state index contributed by atoms with van der Waals surface area (Å²) in [6.07, 6.45) is 3.88. The molecule has 26 heavy (non-hydrogen) atoms. The minimum absolute atomic E-state index is 0.0116. The summed E-state index contributed by atoms with van der Waals surface area (Å²) in [7, 11) is 3.10. The number of thioether (sulfide) groups is 1. The Morgan fingerprint density at radius 2 is 1.85 bits per heavy atom. The van der Waals surface area contributed by atoms with Crippen LogP contribution in [0, 0.1) is 17.8 Å². The van der Waals surface area contributed by atoms with Crippen molar-refractivity contribution in [2.45, 2.75) is 35.5 Å². The predicted molar refractivity (Wildman–Crippen MR) is 102 cm³/mol. The standard InChI is InChI=1S/C19H21NO4S2/c1-23-11-6-10(7-12(24-2)15(11)21)14-13-8-3-4-9(5-8)16(13)25-18-17(14)26-19(22)20-18/h6-9,13-14,16,21H,3-5H2,1-2H3,(H,20,22)/t8-,9-,13-,14+,16-/m1/s1. The van der Waals surface area contributed by atoms with Gasteiger partial charge in [-0.25, -0.2) is 0 Å². The molecule has 7 heteroatoms. The first kappa shape index (κ1) is 16.6. The Morgan fingerprint density at radius 1 is 1.15 bits per heavy atom. The molecule has 2 heterocycles. The monoisotopic (exact) mass is 391 g/mol. The number of phenolic OH excluding ortho intramolecular Hbond substituents is 1. The normalized spacial score (nSPS) is 31.5. The lowest BCUT2D eigenvalue weighted by molar-refractivity contribution is 0.304. The van der Waals surface area contributed by atoms with Gasteiger partial charge in [0.15, 0.2) is 11.5 Å². The maximum absolute atomic E-state index is 12.1. The highest BCUT2D eigenvalue weighted by molar-refractivity contribution is 8.00. The third kappa shape index (κ3) is 2.26. The molecular formula is C19H21NO4S2. The molecule has 1 aromatic heterocycles. The largest absolute Gasteiger partial charge is 0.502 e. The topological polar surface area (TPSA) is 71.6 Å². The van der Waals surface area contributed by atoms with E-state index < -0.39 is 0 Å². The van der Waals surface area contributed by atoms with Crippen LogP contribution in [0.25, 0.3) is 0 Å². The highest BCUT2D eigenvalue weighted by atomic mass is 32.2. The number of hydrogen-bond acceptors (Lipinski definition) is 6. The molecule has 2 saturated carbocycles. The highest BCUT2D eigenvalue weighted by Crippen LogP contribution is 2.64. The van der Waals surface area contributed by atoms with E-state index in [0.29, 0.717) is 28.6 Å². The molecule has 0 saturated heterocycles. The molecule has 0 spiro atoms. The van der Waals surface area contributed by atoms with Crippen molar-refractivity contribution in [3.63, 3.8) is 0 Å². The number of aromatic amines is 1. The zero-order valence-corrected chi connectivity index (χ0v) is 16.3. The number of aromatic nitrogens is 1. The van der Waals surface area contributed by atoms with Gasteiger partial charge in [0.25, 0.3) is 0 Å². The summed E-state index contributed by atoms with van der Waals surface area (Å²) < 4.78 is 10.8. The number of ether oxygens (including phenoxy) is 2. The summed E-state index contributed by atoms with van der Waals surface area (Å²) in [5.41, 5.74) is 1.07. The number of nitrogens with one attached hydrogen (secondary N) is 1. The van der Waals surface area contributed by atoms with Crippen molar-refractivity contribution in [2.75, 3.05) is 14.2 Å². The van der Waals surface area contributed by atoms with E-state index >= 15 is 0 Å². The van der Waals surface area contributed by atoms with Crippen molar-refractivity contribution in [3.8, 4) is 17.2 Å². The summed E-state index contributed by atoms with van der Waals surface area (Å²) in [6, 6.07) is 3.82. The first-order chi connectivity index (χ1) is 12.6. The Balaban J connectivity index is 1.70. The fourth-order valence-corrected chi connectivity index (χ4v) is 8.21. The summed E-state index contributed by atoms with van der Waals surface area (Å²) in [5.74, 6) is 2.99. The van der Waals surface area contributed by atoms with E-state index in [1.54, 1.807) is 14.2 Å². The van der Waals surface area contributed by atoms with E-state index in [1.807, 2.05) is 23.9 Å². The van der Waals surface area contributed by atoms with Gasteiger partial charge >= 0.3 is 4.87 Å². The van der Waals surface area contributed by atoms with Gasteiger partial charge in [0.1, 0.15) is 0 Å². The lowest BCUT2D eigenvalue weighted by Gasteiger charge is -2.40. The molecule has 2 aliphatic carbocycles. The van der Waals surface area contributed by atoms with Gasteiger partial charge in [-0.1, -0.05) is 11.3 Å². The second kappa shape index (κ2) is 5.96. The van der Waals surface area contributed by atoms with Gasteiger partial charge in [-0.05, 0) is 54.7 Å². The lowest BCUT2D eigenvalue weighted by Crippen LogP contribution is -2.33. The molecule has 5 nitrogen and oxygen atoms in total. The van der Waals surface area contributed by atoms with Crippen LogP contribution in [0.1, 0.15) is 35.6 Å². The number of fused-ring (bicyclic) bond motifs is 6. The van der Waals surface area contributed by atoms with Gasteiger partial charge in [0.2, 0.25) is 5.75 Å². The Bertz CT molecular complexity index is 895. The van der Waals surface area contributed by atoms with Crippen molar-refractivity contribution in [1.82, 2.24) is 4.98 Å². The highest BCUT2D eigenvalue weighted by Gasteiger charge is 2.54. The number of methoxy groups -OCH3 is 2. The second-order valence-corrected chi connectivity index (χ2v) is 9.66. The molecule has 2 fully saturated rings. The SMILES string of the molecule is COc1cc([C@@H]2c3sc(=O)[nH]c3S[C@@H]3[C@@H]4CC[C@H](C4)[C@H]23)cc(OC)c1O. The molecule has 138 valence electrons. The third-order valence-electron chi connectivity index (χ3n) is 6.33. The Kier molecular flexibility index (Phi) is 3.79. The Hall–Kier alpha value is -1.60. The van der Waals surface area contributed by atoms with E-state index in [-0.39, 0.29) is 16.5 Å². The molecule has 2 bridgehead atoms. The molecule has 1 aliphatic heterocycles. The summed E-state index contributed by atoms with van der Waals surface area (Å²) in [6.45, 7) is 0. The number of phenols is 1. The molecule has 0 radical (unpaired) electrons. The molecular weight excluding hydrogens is 370 g/mol. The number of aromatic hydroxyl groups is 1. The van der Waals surface area contributed by atoms with E-state index in [1.165, 1.54) is 30.6 Å². The maximum atomic E-state index is 12.1. The fourth-order valence-electron chi connectivity index (χ4n) is 5.32. The smallest absolute Gasteiger partial charge is 0.305 e. The average molecular weight is 392 g/mol. The van der Waals surface area contributed by atoms with Crippen LogP contribution in [0.2, 0.25) is 0 Å². The van der Waals surface area contributed by atoms with Crippen molar-refractivity contribution in [1.29, 1.82) is 0 Å². The summed E-state index contributed by atoms with van der Waals surface area (Å²) in [4.78, 5) is 16.3. The molecule has 2 N–H and O–H groups in total. The molecule has 1 aromatic carbocycles. The van der Waals surface area contributed by atoms with Crippen LogP contribution >= 0.6 is 23.1 Å². The third-order valence-corrected chi connectivity index (χ3v) is 8.95. The van der Waals surface area contributed by atoms with Gasteiger partial charge < -0.3 is 19.6 Å².